The van der Waals surface area contributed by atoms with E-state index in [1.54, 1.807) is 0 Å². The molecule has 0 aromatic rings. The molecule has 6 heteroatoms. The van der Waals surface area contributed by atoms with Gasteiger partial charge in [0.05, 0.1) is 13.5 Å². The molecule has 6 nitrogen and oxygen atoms in total. The zero-order valence-corrected chi connectivity index (χ0v) is 7.97. The molecule has 1 amide bonds. The number of carboxylic acids is 1. The molecule has 80 valence electrons. The van der Waals surface area contributed by atoms with Gasteiger partial charge in [-0.05, 0) is 0 Å². The molecule has 1 saturated heterocycles. The van der Waals surface area contributed by atoms with E-state index in [0.717, 1.165) is 0 Å². The van der Waals surface area contributed by atoms with Crippen molar-refractivity contribution in [3.63, 3.8) is 0 Å². The molecule has 1 aliphatic heterocycles. The molecular formula is C8H14N2O4. The van der Waals surface area contributed by atoms with Crippen LogP contribution in [-0.4, -0.2) is 48.3 Å². The number of methoxy groups -OCH3 is 1. The standard InChI is InChI=1S/C8H14N2O4/c1-14-8(13)10-3-5(2-7(11)12)6(9)4-10/h5-6H,2-4,9H2,1H3,(H,11,12). The number of likely N-dealkylation sites (tertiary alicyclic amines) is 1. The summed E-state index contributed by atoms with van der Waals surface area (Å²) < 4.78 is 4.52. The number of nitrogens with zero attached hydrogens (tertiary/aromatic N) is 1. The number of aliphatic carboxylic acids is 1. The van der Waals surface area contributed by atoms with E-state index < -0.39 is 12.1 Å². The molecule has 1 heterocycles. The van der Waals surface area contributed by atoms with Gasteiger partial charge in [0.15, 0.2) is 0 Å². The molecule has 3 N–H and O–H groups in total. The Labute approximate surface area is 81.6 Å². The number of amides is 1. The fraction of sp³-hybridized carbons (Fsp3) is 0.750. The predicted octanol–water partition coefficient (Wildman–Crippen LogP) is -0.513. The summed E-state index contributed by atoms with van der Waals surface area (Å²) in [6, 6.07) is -0.273. The molecule has 0 saturated carbocycles. The topological polar surface area (TPSA) is 92.9 Å². The van der Waals surface area contributed by atoms with Gasteiger partial charge in [-0.2, -0.15) is 0 Å². The van der Waals surface area contributed by atoms with Crippen molar-refractivity contribution in [3.8, 4) is 0 Å². The third-order valence-corrected chi connectivity index (χ3v) is 2.36. The Hall–Kier alpha value is -1.30. The SMILES string of the molecule is COC(=O)N1CC(N)C(CC(=O)O)C1. The number of nitrogens with two attached hydrogens (primary N) is 1. The van der Waals surface area contributed by atoms with Gasteiger partial charge in [0, 0.05) is 25.0 Å². The van der Waals surface area contributed by atoms with Crippen molar-refractivity contribution in [1.82, 2.24) is 4.90 Å². The molecule has 1 aliphatic rings. The van der Waals surface area contributed by atoms with Gasteiger partial charge in [-0.3, -0.25) is 4.79 Å². The minimum atomic E-state index is -0.892. The van der Waals surface area contributed by atoms with Crippen molar-refractivity contribution in [2.24, 2.45) is 11.7 Å². The van der Waals surface area contributed by atoms with Gasteiger partial charge < -0.3 is 20.5 Å². The maximum Gasteiger partial charge on any atom is 0.409 e. The first kappa shape index (κ1) is 10.8. The van der Waals surface area contributed by atoms with Gasteiger partial charge in [-0.25, -0.2) is 4.79 Å². The average Bonchev–Trinajstić information content (AvgIpc) is 2.46. The lowest BCUT2D eigenvalue weighted by Crippen LogP contribution is -2.32. The minimum absolute atomic E-state index is 0.00530. The molecule has 0 bridgehead atoms. The Kier molecular flexibility index (Phi) is 3.29. The van der Waals surface area contributed by atoms with Crippen molar-refractivity contribution in [3.05, 3.63) is 0 Å². The van der Waals surface area contributed by atoms with Crippen LogP contribution in [0, 0.1) is 5.92 Å². The highest BCUT2D eigenvalue weighted by Crippen LogP contribution is 2.19. The summed E-state index contributed by atoms with van der Waals surface area (Å²) in [5, 5.41) is 8.58. The summed E-state index contributed by atoms with van der Waals surface area (Å²) in [4.78, 5) is 23.0. The molecule has 2 unspecified atom stereocenters. The molecular weight excluding hydrogens is 188 g/mol. The van der Waals surface area contributed by atoms with E-state index in [0.29, 0.717) is 13.1 Å². The lowest BCUT2D eigenvalue weighted by molar-refractivity contribution is -0.138. The van der Waals surface area contributed by atoms with Crippen LogP contribution in [0.25, 0.3) is 0 Å². The van der Waals surface area contributed by atoms with E-state index in [-0.39, 0.29) is 18.4 Å². The first-order valence-corrected chi connectivity index (χ1v) is 4.35. The van der Waals surface area contributed by atoms with Crippen LogP contribution in [0.3, 0.4) is 0 Å². The minimum Gasteiger partial charge on any atom is -0.481 e. The summed E-state index contributed by atoms with van der Waals surface area (Å²) in [5.74, 6) is -1.07. The second-order valence-electron chi connectivity index (χ2n) is 3.40. The molecule has 1 fully saturated rings. The zero-order chi connectivity index (χ0) is 10.7. The zero-order valence-electron chi connectivity index (χ0n) is 7.97. The molecule has 1 rings (SSSR count). The van der Waals surface area contributed by atoms with Crippen molar-refractivity contribution >= 4 is 12.1 Å². The van der Waals surface area contributed by atoms with E-state index in [1.807, 2.05) is 0 Å². The highest BCUT2D eigenvalue weighted by Gasteiger charge is 2.34. The van der Waals surface area contributed by atoms with Crippen molar-refractivity contribution < 1.29 is 19.4 Å². The largest absolute Gasteiger partial charge is 0.481 e. The average molecular weight is 202 g/mol. The van der Waals surface area contributed by atoms with E-state index in [2.05, 4.69) is 4.74 Å². The van der Waals surface area contributed by atoms with Gasteiger partial charge in [-0.15, -0.1) is 0 Å². The fourth-order valence-electron chi connectivity index (χ4n) is 1.61. The van der Waals surface area contributed by atoms with Crippen LogP contribution < -0.4 is 5.73 Å². The normalized spacial score (nSPS) is 26.3. The third kappa shape index (κ3) is 2.35. The van der Waals surface area contributed by atoms with Crippen LogP contribution in [-0.2, 0) is 9.53 Å². The van der Waals surface area contributed by atoms with Crippen LogP contribution in [0.4, 0.5) is 4.79 Å². The van der Waals surface area contributed by atoms with Gasteiger partial charge in [-0.1, -0.05) is 0 Å². The second-order valence-corrected chi connectivity index (χ2v) is 3.40. The van der Waals surface area contributed by atoms with Gasteiger partial charge >= 0.3 is 12.1 Å². The lowest BCUT2D eigenvalue weighted by atomic mass is 10.0. The van der Waals surface area contributed by atoms with E-state index in [1.165, 1.54) is 12.0 Å². The Morgan fingerprint density at radius 2 is 2.21 bits per heavy atom. The number of carboxylic acid groups (broad SMARTS) is 1. The highest BCUT2D eigenvalue weighted by atomic mass is 16.5. The highest BCUT2D eigenvalue weighted by molar-refractivity contribution is 5.69. The van der Waals surface area contributed by atoms with E-state index in [4.69, 9.17) is 10.8 Å². The summed E-state index contributed by atoms with van der Waals surface area (Å²) in [6.07, 6.45) is -0.456. The first-order chi connectivity index (χ1) is 6.54. The molecule has 0 spiro atoms. The number of carbonyl (C=O) groups excluding carboxylic acids is 1. The number of ether oxygens (including phenoxy) is 1. The van der Waals surface area contributed by atoms with E-state index >= 15 is 0 Å². The first-order valence-electron chi connectivity index (χ1n) is 4.35. The van der Waals surface area contributed by atoms with Crippen molar-refractivity contribution in [2.75, 3.05) is 20.2 Å². The summed E-state index contributed by atoms with van der Waals surface area (Å²) in [7, 11) is 1.29. The Balaban J connectivity index is 2.51. The second kappa shape index (κ2) is 4.28. The van der Waals surface area contributed by atoms with Crippen LogP contribution in [0.15, 0.2) is 0 Å². The van der Waals surface area contributed by atoms with Gasteiger partial charge in [0.1, 0.15) is 0 Å². The fourth-order valence-corrected chi connectivity index (χ4v) is 1.61. The Morgan fingerprint density at radius 3 is 2.71 bits per heavy atom. The lowest BCUT2D eigenvalue weighted by Gasteiger charge is -2.13. The maximum absolute atomic E-state index is 11.1. The van der Waals surface area contributed by atoms with Crippen molar-refractivity contribution in [2.45, 2.75) is 12.5 Å². The number of rotatable bonds is 2. The van der Waals surface area contributed by atoms with Crippen LogP contribution in [0.1, 0.15) is 6.42 Å². The van der Waals surface area contributed by atoms with Crippen LogP contribution in [0.5, 0.6) is 0 Å². The number of hydrogen-bond donors (Lipinski definition) is 2. The number of carbonyl (C=O) groups is 2. The van der Waals surface area contributed by atoms with Crippen molar-refractivity contribution in [1.29, 1.82) is 0 Å². The van der Waals surface area contributed by atoms with Gasteiger partial charge in [0.25, 0.3) is 0 Å². The van der Waals surface area contributed by atoms with Crippen LogP contribution in [0.2, 0.25) is 0 Å². The Bertz CT molecular complexity index is 243. The smallest absolute Gasteiger partial charge is 0.409 e. The molecule has 0 aliphatic carbocycles. The summed E-state index contributed by atoms with van der Waals surface area (Å²) in [5.41, 5.74) is 5.70. The molecule has 2 atom stereocenters. The van der Waals surface area contributed by atoms with Gasteiger partial charge in [0.2, 0.25) is 0 Å². The van der Waals surface area contributed by atoms with Crippen LogP contribution >= 0.6 is 0 Å². The summed E-state index contributed by atoms with van der Waals surface area (Å²) >= 11 is 0. The Morgan fingerprint density at radius 1 is 1.57 bits per heavy atom. The molecule has 0 aromatic heterocycles. The molecule has 14 heavy (non-hydrogen) atoms. The predicted molar refractivity (Wildman–Crippen MR) is 47.7 cm³/mol. The number of hydrogen-bond acceptors (Lipinski definition) is 4. The van der Waals surface area contributed by atoms with E-state index in [9.17, 15) is 9.59 Å². The quantitative estimate of drug-likeness (QED) is 0.629. The molecule has 0 radical (unpaired) electrons. The maximum atomic E-state index is 11.1. The molecule has 0 aromatic carbocycles. The third-order valence-electron chi connectivity index (χ3n) is 2.36. The summed E-state index contributed by atoms with van der Waals surface area (Å²) in [6.45, 7) is 0.727. The monoisotopic (exact) mass is 202 g/mol.